The van der Waals surface area contributed by atoms with Crippen molar-refractivity contribution in [2.45, 2.75) is 6.18 Å². The number of aromatic nitrogens is 3. The molecule has 114 valence electrons. The Hall–Kier alpha value is -2.77. The lowest BCUT2D eigenvalue weighted by Gasteiger charge is -2.06. The number of carboxylic acids is 1. The van der Waals surface area contributed by atoms with Gasteiger partial charge in [-0.15, -0.1) is 0 Å². The van der Waals surface area contributed by atoms with Gasteiger partial charge in [0, 0.05) is 24.2 Å². The molecule has 8 heteroatoms. The van der Waals surface area contributed by atoms with Gasteiger partial charge in [-0.2, -0.15) is 18.3 Å². The number of fused-ring (bicyclic) bond motifs is 1. The summed E-state index contributed by atoms with van der Waals surface area (Å²) in [7, 11) is 1.61. The van der Waals surface area contributed by atoms with E-state index in [0.29, 0.717) is 22.2 Å². The highest BCUT2D eigenvalue weighted by atomic mass is 19.4. The normalized spacial score (nSPS) is 12.0. The van der Waals surface area contributed by atoms with Crippen molar-refractivity contribution < 1.29 is 23.1 Å². The van der Waals surface area contributed by atoms with Gasteiger partial charge in [0.1, 0.15) is 11.4 Å². The number of alkyl halides is 3. The van der Waals surface area contributed by atoms with Crippen LogP contribution >= 0.6 is 0 Å². The number of nitrogens with zero attached hydrogens (tertiary/aromatic N) is 2. The summed E-state index contributed by atoms with van der Waals surface area (Å²) in [5, 5.41) is 13.4. The minimum absolute atomic E-state index is 0.0548. The lowest BCUT2D eigenvalue weighted by molar-refractivity contribution is -0.137. The molecule has 0 aliphatic heterocycles. The summed E-state index contributed by atoms with van der Waals surface area (Å²) >= 11 is 0. The Morgan fingerprint density at radius 3 is 2.64 bits per heavy atom. The van der Waals surface area contributed by atoms with Gasteiger partial charge in [0.25, 0.3) is 0 Å². The summed E-state index contributed by atoms with van der Waals surface area (Å²) in [4.78, 5) is 13.4. The molecule has 0 bridgehead atoms. The van der Waals surface area contributed by atoms with Gasteiger partial charge >= 0.3 is 12.1 Å². The zero-order valence-electron chi connectivity index (χ0n) is 11.3. The number of aromatic amines is 1. The molecule has 0 saturated carbocycles. The molecule has 2 aromatic heterocycles. The number of aromatic carboxylic acids is 1. The molecule has 3 rings (SSSR count). The molecule has 3 aromatic rings. The van der Waals surface area contributed by atoms with E-state index in [4.69, 9.17) is 5.11 Å². The molecule has 5 nitrogen and oxygen atoms in total. The number of H-pyrrole nitrogens is 1. The number of carbonyl (C=O) groups is 1. The fourth-order valence-corrected chi connectivity index (χ4v) is 2.31. The first-order valence-electron chi connectivity index (χ1n) is 6.23. The van der Waals surface area contributed by atoms with Crippen LogP contribution in [0.4, 0.5) is 13.2 Å². The first-order chi connectivity index (χ1) is 10.3. The molecule has 0 aliphatic carbocycles. The minimum Gasteiger partial charge on any atom is -0.477 e. The Labute approximate surface area is 122 Å². The molecular formula is C14H10F3N3O2. The average molecular weight is 309 g/mol. The first kappa shape index (κ1) is 14.2. The van der Waals surface area contributed by atoms with Gasteiger partial charge in [0.05, 0.1) is 11.1 Å². The van der Waals surface area contributed by atoms with Crippen molar-refractivity contribution in [2.24, 2.45) is 7.05 Å². The van der Waals surface area contributed by atoms with E-state index < -0.39 is 17.7 Å². The lowest BCUT2D eigenvalue weighted by Crippen LogP contribution is -2.04. The van der Waals surface area contributed by atoms with Gasteiger partial charge in [-0.1, -0.05) is 0 Å². The number of nitrogens with one attached hydrogen (secondary N) is 1. The van der Waals surface area contributed by atoms with E-state index in [0.717, 1.165) is 12.1 Å². The maximum Gasteiger partial charge on any atom is 0.416 e. The number of hydrogen-bond acceptors (Lipinski definition) is 2. The largest absolute Gasteiger partial charge is 0.477 e. The summed E-state index contributed by atoms with van der Waals surface area (Å²) in [5.41, 5.74) is 0.416. The quantitative estimate of drug-likeness (QED) is 0.763. The van der Waals surface area contributed by atoms with Gasteiger partial charge in [0.15, 0.2) is 0 Å². The summed E-state index contributed by atoms with van der Waals surface area (Å²) in [6.45, 7) is 0. The monoisotopic (exact) mass is 309 g/mol. The first-order valence-corrected chi connectivity index (χ1v) is 6.23. The average Bonchev–Trinajstić information content (AvgIpc) is 3.03. The van der Waals surface area contributed by atoms with Crippen molar-refractivity contribution in [3.8, 4) is 11.3 Å². The van der Waals surface area contributed by atoms with E-state index in [9.17, 15) is 18.0 Å². The predicted octanol–water partition coefficient (Wildman–Crippen LogP) is 3.29. The van der Waals surface area contributed by atoms with Gasteiger partial charge in [-0.05, 0) is 24.3 Å². The Kier molecular flexibility index (Phi) is 2.98. The Bertz CT molecular complexity index is 877. The molecule has 2 N–H and O–H groups in total. The van der Waals surface area contributed by atoms with Crippen molar-refractivity contribution in [2.75, 3.05) is 0 Å². The highest BCUT2D eigenvalue weighted by molar-refractivity contribution is 5.95. The Morgan fingerprint density at radius 2 is 2.05 bits per heavy atom. The Balaban J connectivity index is 2.22. The van der Waals surface area contributed by atoms with Crippen LogP contribution in [0, 0.1) is 0 Å². The smallest absolute Gasteiger partial charge is 0.416 e. The molecule has 22 heavy (non-hydrogen) atoms. The molecule has 0 saturated heterocycles. The Morgan fingerprint density at radius 1 is 1.32 bits per heavy atom. The summed E-state index contributed by atoms with van der Waals surface area (Å²) in [6, 6.07) is 4.70. The molecule has 0 radical (unpaired) electrons. The van der Waals surface area contributed by atoms with Crippen LogP contribution in [0.3, 0.4) is 0 Å². The van der Waals surface area contributed by atoms with Crippen LogP contribution in [0.25, 0.3) is 22.2 Å². The maximum absolute atomic E-state index is 12.9. The zero-order valence-corrected chi connectivity index (χ0v) is 11.3. The SMILES string of the molecule is Cn1nc(-c2c[nH]c(C(=O)O)c2)c2cc(C(F)(F)F)ccc21. The van der Waals surface area contributed by atoms with E-state index in [1.54, 1.807) is 7.05 Å². The van der Waals surface area contributed by atoms with Crippen molar-refractivity contribution in [1.29, 1.82) is 0 Å². The second kappa shape index (κ2) is 4.62. The van der Waals surface area contributed by atoms with Crippen LogP contribution in [0.5, 0.6) is 0 Å². The zero-order chi connectivity index (χ0) is 16.1. The molecular weight excluding hydrogens is 299 g/mol. The van der Waals surface area contributed by atoms with Gasteiger partial charge < -0.3 is 10.1 Å². The van der Waals surface area contributed by atoms with E-state index >= 15 is 0 Å². The fraction of sp³-hybridized carbons (Fsp3) is 0.143. The summed E-state index contributed by atoms with van der Waals surface area (Å²) < 4.78 is 40.0. The van der Waals surface area contributed by atoms with Crippen molar-refractivity contribution >= 4 is 16.9 Å². The topological polar surface area (TPSA) is 70.9 Å². The van der Waals surface area contributed by atoms with Crippen LogP contribution in [-0.4, -0.2) is 25.8 Å². The summed E-state index contributed by atoms with van der Waals surface area (Å²) in [5.74, 6) is -1.15. The number of aryl methyl sites for hydroxylation is 1. The predicted molar refractivity (Wildman–Crippen MR) is 72.5 cm³/mol. The third-order valence-electron chi connectivity index (χ3n) is 3.36. The van der Waals surface area contributed by atoms with Crippen molar-refractivity contribution in [1.82, 2.24) is 14.8 Å². The minimum atomic E-state index is -4.45. The van der Waals surface area contributed by atoms with Crippen molar-refractivity contribution in [3.63, 3.8) is 0 Å². The van der Waals surface area contributed by atoms with Gasteiger partial charge in [-0.25, -0.2) is 4.79 Å². The van der Waals surface area contributed by atoms with E-state index in [-0.39, 0.29) is 5.69 Å². The molecule has 0 fully saturated rings. The molecule has 0 spiro atoms. The molecule has 0 amide bonds. The van der Waals surface area contributed by atoms with E-state index in [1.807, 2.05) is 0 Å². The lowest BCUT2D eigenvalue weighted by atomic mass is 10.1. The third-order valence-corrected chi connectivity index (χ3v) is 3.36. The van der Waals surface area contributed by atoms with E-state index in [2.05, 4.69) is 10.1 Å². The fourth-order valence-electron chi connectivity index (χ4n) is 2.31. The highest BCUT2D eigenvalue weighted by Gasteiger charge is 2.31. The number of hydrogen-bond donors (Lipinski definition) is 2. The standard InChI is InChI=1S/C14H10F3N3O2/c1-20-11-3-2-8(14(15,16)17)5-9(11)12(19-20)7-4-10(13(21)22)18-6-7/h2-6,18H,1H3,(H,21,22). The maximum atomic E-state index is 12.9. The third kappa shape index (κ3) is 2.22. The molecule has 0 unspecified atom stereocenters. The number of carboxylic acid groups (broad SMARTS) is 1. The van der Waals surface area contributed by atoms with Crippen LogP contribution in [-0.2, 0) is 13.2 Å². The van der Waals surface area contributed by atoms with Gasteiger partial charge in [-0.3, -0.25) is 4.68 Å². The second-order valence-electron chi connectivity index (χ2n) is 4.81. The number of rotatable bonds is 2. The molecule has 0 aliphatic rings. The second-order valence-corrected chi connectivity index (χ2v) is 4.81. The van der Waals surface area contributed by atoms with Gasteiger partial charge in [0.2, 0.25) is 0 Å². The van der Waals surface area contributed by atoms with Crippen LogP contribution in [0.15, 0.2) is 30.5 Å². The number of halogens is 3. The summed E-state index contributed by atoms with van der Waals surface area (Å²) in [6.07, 6.45) is -3.04. The molecule has 0 atom stereocenters. The molecule has 2 heterocycles. The molecule has 1 aromatic carbocycles. The van der Waals surface area contributed by atoms with Crippen molar-refractivity contribution in [3.05, 3.63) is 41.7 Å². The van der Waals surface area contributed by atoms with Crippen LogP contribution in [0.2, 0.25) is 0 Å². The number of benzene rings is 1. The van der Waals surface area contributed by atoms with Crippen LogP contribution in [0.1, 0.15) is 16.1 Å². The van der Waals surface area contributed by atoms with Crippen LogP contribution < -0.4 is 0 Å². The highest BCUT2D eigenvalue weighted by Crippen LogP contribution is 2.35. The van der Waals surface area contributed by atoms with E-state index in [1.165, 1.54) is 23.0 Å².